The molecular formula is C19H14O2S. The van der Waals surface area contributed by atoms with Crippen LogP contribution in [0.5, 0.6) is 5.75 Å². The van der Waals surface area contributed by atoms with Crippen molar-refractivity contribution in [3.63, 3.8) is 0 Å². The fourth-order valence-electron chi connectivity index (χ4n) is 2.88. The molecule has 0 bridgehead atoms. The Hall–Kier alpha value is -2.26. The van der Waals surface area contributed by atoms with E-state index in [-0.39, 0.29) is 5.78 Å². The monoisotopic (exact) mass is 306 g/mol. The first kappa shape index (κ1) is 13.4. The van der Waals surface area contributed by atoms with Gasteiger partial charge in [0.2, 0.25) is 0 Å². The molecule has 108 valence electrons. The van der Waals surface area contributed by atoms with Crippen molar-refractivity contribution in [3.05, 3.63) is 65.7 Å². The quantitative estimate of drug-likeness (QED) is 0.649. The minimum Gasteiger partial charge on any atom is -0.496 e. The number of ketones is 1. The van der Waals surface area contributed by atoms with Crippen molar-refractivity contribution in [2.45, 2.75) is 16.2 Å². The Kier molecular flexibility index (Phi) is 3.16. The van der Waals surface area contributed by atoms with E-state index >= 15 is 0 Å². The molecule has 1 aliphatic rings. The summed E-state index contributed by atoms with van der Waals surface area (Å²) in [6.45, 7) is 0. The summed E-state index contributed by atoms with van der Waals surface area (Å²) in [5.41, 5.74) is 1.84. The van der Waals surface area contributed by atoms with Crippen LogP contribution in [-0.4, -0.2) is 12.9 Å². The Morgan fingerprint density at radius 1 is 1.00 bits per heavy atom. The minimum atomic E-state index is 0.167. The third kappa shape index (κ3) is 2.09. The van der Waals surface area contributed by atoms with Crippen LogP contribution in [0.1, 0.15) is 15.9 Å². The number of carbonyl (C=O) groups is 1. The largest absolute Gasteiger partial charge is 0.496 e. The van der Waals surface area contributed by atoms with Crippen molar-refractivity contribution in [1.29, 1.82) is 0 Å². The number of ether oxygens (including phenoxy) is 1. The highest BCUT2D eigenvalue weighted by atomic mass is 32.2. The molecule has 0 aromatic heterocycles. The lowest BCUT2D eigenvalue weighted by molar-refractivity contribution is 0.0990. The maximum Gasteiger partial charge on any atom is 0.168 e. The predicted molar refractivity (Wildman–Crippen MR) is 89.1 cm³/mol. The van der Waals surface area contributed by atoms with E-state index < -0.39 is 0 Å². The second kappa shape index (κ2) is 5.18. The summed E-state index contributed by atoms with van der Waals surface area (Å²) in [4.78, 5) is 14.7. The molecule has 0 atom stereocenters. The number of carbonyl (C=O) groups excluding carboxylic acids is 1. The van der Waals surface area contributed by atoms with Gasteiger partial charge in [0, 0.05) is 16.9 Å². The fourth-order valence-corrected chi connectivity index (χ4v) is 4.09. The summed E-state index contributed by atoms with van der Waals surface area (Å²) >= 11 is 1.63. The van der Waals surface area contributed by atoms with Gasteiger partial charge in [0.1, 0.15) is 5.75 Å². The second-order valence-corrected chi connectivity index (χ2v) is 6.40. The molecule has 0 N–H and O–H groups in total. The molecular weight excluding hydrogens is 292 g/mol. The zero-order chi connectivity index (χ0) is 15.1. The van der Waals surface area contributed by atoms with Gasteiger partial charge >= 0.3 is 0 Å². The van der Waals surface area contributed by atoms with Crippen molar-refractivity contribution in [2.24, 2.45) is 0 Å². The van der Waals surface area contributed by atoms with Gasteiger partial charge in [-0.25, -0.2) is 0 Å². The van der Waals surface area contributed by atoms with E-state index in [1.807, 2.05) is 42.5 Å². The van der Waals surface area contributed by atoms with Gasteiger partial charge < -0.3 is 4.74 Å². The highest BCUT2D eigenvalue weighted by molar-refractivity contribution is 7.99. The Morgan fingerprint density at radius 3 is 2.55 bits per heavy atom. The van der Waals surface area contributed by atoms with Crippen LogP contribution in [0.3, 0.4) is 0 Å². The molecule has 0 radical (unpaired) electrons. The van der Waals surface area contributed by atoms with Gasteiger partial charge in [0.15, 0.2) is 5.78 Å². The topological polar surface area (TPSA) is 26.3 Å². The van der Waals surface area contributed by atoms with Gasteiger partial charge in [0.25, 0.3) is 0 Å². The van der Waals surface area contributed by atoms with Gasteiger partial charge in [-0.3, -0.25) is 4.79 Å². The molecule has 4 rings (SSSR count). The van der Waals surface area contributed by atoms with E-state index in [1.165, 1.54) is 0 Å². The molecule has 2 nitrogen and oxygen atoms in total. The molecule has 3 heteroatoms. The van der Waals surface area contributed by atoms with Crippen molar-refractivity contribution in [1.82, 2.24) is 0 Å². The third-order valence-electron chi connectivity index (χ3n) is 3.99. The zero-order valence-corrected chi connectivity index (χ0v) is 12.9. The van der Waals surface area contributed by atoms with Crippen molar-refractivity contribution < 1.29 is 9.53 Å². The maximum absolute atomic E-state index is 12.7. The second-order valence-electron chi connectivity index (χ2n) is 5.35. The number of benzene rings is 3. The van der Waals surface area contributed by atoms with Crippen molar-refractivity contribution >= 4 is 28.3 Å². The SMILES string of the molecule is COc1cccc2c1Sc1cc3ccccc3cc1C(=O)C2. The predicted octanol–water partition coefficient (Wildman–Crippen LogP) is 4.74. The van der Waals surface area contributed by atoms with E-state index in [2.05, 4.69) is 12.1 Å². The summed E-state index contributed by atoms with van der Waals surface area (Å²) < 4.78 is 5.47. The number of hydrogen-bond acceptors (Lipinski definition) is 3. The number of methoxy groups -OCH3 is 1. The highest BCUT2D eigenvalue weighted by Gasteiger charge is 2.23. The van der Waals surface area contributed by atoms with Crippen LogP contribution in [0.15, 0.2) is 64.4 Å². The zero-order valence-electron chi connectivity index (χ0n) is 12.1. The fraction of sp³-hybridized carbons (Fsp3) is 0.105. The average Bonchev–Trinajstić information content (AvgIpc) is 2.68. The van der Waals surface area contributed by atoms with Crippen molar-refractivity contribution in [2.75, 3.05) is 7.11 Å². The van der Waals surface area contributed by atoms with E-state index in [0.717, 1.165) is 37.4 Å². The molecule has 0 fully saturated rings. The van der Waals surface area contributed by atoms with Crippen molar-refractivity contribution in [3.8, 4) is 5.75 Å². The van der Waals surface area contributed by atoms with E-state index in [0.29, 0.717) is 6.42 Å². The standard InChI is InChI=1S/C19H14O2S/c1-21-17-8-4-7-14-10-16(20)15-9-12-5-2-3-6-13(12)11-18(15)22-19(14)17/h2-9,11H,10H2,1H3. The molecule has 0 spiro atoms. The summed E-state index contributed by atoms with van der Waals surface area (Å²) in [7, 11) is 1.67. The number of rotatable bonds is 1. The molecule has 3 aromatic rings. The van der Waals surface area contributed by atoms with Gasteiger partial charge in [-0.15, -0.1) is 0 Å². The Morgan fingerprint density at radius 2 is 1.77 bits per heavy atom. The molecule has 0 unspecified atom stereocenters. The Labute approximate surface area is 133 Å². The lowest BCUT2D eigenvalue weighted by atomic mass is 10.00. The highest BCUT2D eigenvalue weighted by Crippen LogP contribution is 2.43. The normalized spacial score (nSPS) is 13.4. The maximum atomic E-state index is 12.7. The Balaban J connectivity index is 1.96. The molecule has 0 amide bonds. The van der Waals surface area contributed by atoms with Crippen LogP contribution < -0.4 is 4.74 Å². The molecule has 0 saturated heterocycles. The lowest BCUT2D eigenvalue weighted by Crippen LogP contribution is -2.03. The first-order valence-corrected chi connectivity index (χ1v) is 7.97. The summed E-state index contributed by atoms with van der Waals surface area (Å²) in [5, 5.41) is 2.26. The first-order chi connectivity index (χ1) is 10.8. The van der Waals surface area contributed by atoms with E-state index in [9.17, 15) is 4.79 Å². The number of Topliss-reactive ketones (excluding diaryl/α,β-unsaturated/α-hetero) is 1. The van der Waals surface area contributed by atoms with Gasteiger partial charge in [-0.2, -0.15) is 0 Å². The van der Waals surface area contributed by atoms with Crippen LogP contribution >= 0.6 is 11.8 Å². The third-order valence-corrected chi connectivity index (χ3v) is 5.22. The summed E-state index contributed by atoms with van der Waals surface area (Å²) in [6.07, 6.45) is 0.422. The van der Waals surface area contributed by atoms with Crippen LogP contribution in [0.2, 0.25) is 0 Å². The molecule has 1 heterocycles. The van der Waals surface area contributed by atoms with Crippen LogP contribution in [0, 0.1) is 0 Å². The summed E-state index contributed by atoms with van der Waals surface area (Å²) in [5.74, 6) is 0.997. The minimum absolute atomic E-state index is 0.167. The molecule has 0 saturated carbocycles. The van der Waals surface area contributed by atoms with Crippen LogP contribution in [0.4, 0.5) is 0 Å². The van der Waals surface area contributed by atoms with Gasteiger partial charge in [0.05, 0.1) is 12.0 Å². The molecule has 3 aromatic carbocycles. The van der Waals surface area contributed by atoms with Crippen LogP contribution in [-0.2, 0) is 6.42 Å². The lowest BCUT2D eigenvalue weighted by Gasteiger charge is -2.10. The summed E-state index contributed by atoms with van der Waals surface area (Å²) in [6, 6.07) is 18.2. The Bertz CT molecular complexity index is 899. The van der Waals surface area contributed by atoms with E-state index in [1.54, 1.807) is 18.9 Å². The average molecular weight is 306 g/mol. The van der Waals surface area contributed by atoms with Gasteiger partial charge in [-0.1, -0.05) is 48.2 Å². The number of hydrogen-bond donors (Lipinski definition) is 0. The van der Waals surface area contributed by atoms with E-state index in [4.69, 9.17) is 4.74 Å². The number of fused-ring (bicyclic) bond motifs is 3. The molecule has 22 heavy (non-hydrogen) atoms. The molecule has 1 aliphatic heterocycles. The van der Waals surface area contributed by atoms with Gasteiger partial charge in [-0.05, 0) is 34.5 Å². The smallest absolute Gasteiger partial charge is 0.168 e. The van der Waals surface area contributed by atoms with Crippen LogP contribution in [0.25, 0.3) is 10.8 Å². The molecule has 0 aliphatic carbocycles. The first-order valence-electron chi connectivity index (χ1n) is 7.16.